The molecule has 0 spiro atoms. The number of imide groups is 1. The van der Waals surface area contributed by atoms with Gasteiger partial charge in [0.1, 0.15) is 6.54 Å². The SMILES string of the molecule is CCOc1cc(/C=C2/SC(=O)N(CC(=O)N3CCCC3)C2=O)cc(I)c1OCC(=O)Nc1ccccc1. The number of ether oxygens (including phenoxy) is 2. The van der Waals surface area contributed by atoms with Crippen LogP contribution >= 0.6 is 34.4 Å². The number of anilines is 1. The Balaban J connectivity index is 1.46. The predicted molar refractivity (Wildman–Crippen MR) is 149 cm³/mol. The van der Waals surface area contributed by atoms with Crippen molar-refractivity contribution in [2.45, 2.75) is 19.8 Å². The van der Waals surface area contributed by atoms with Crippen molar-refractivity contribution in [2.75, 3.05) is 38.2 Å². The maximum Gasteiger partial charge on any atom is 0.294 e. The monoisotopic (exact) mass is 635 g/mol. The lowest BCUT2D eigenvalue weighted by molar-refractivity contribution is -0.135. The lowest BCUT2D eigenvalue weighted by atomic mass is 10.2. The van der Waals surface area contributed by atoms with Crippen LogP contribution in [0.3, 0.4) is 0 Å². The summed E-state index contributed by atoms with van der Waals surface area (Å²) in [5.74, 6) is -0.199. The number of likely N-dealkylation sites (tertiary alicyclic amines) is 1. The van der Waals surface area contributed by atoms with Crippen molar-refractivity contribution in [3.8, 4) is 11.5 Å². The zero-order valence-corrected chi connectivity index (χ0v) is 23.2. The molecule has 0 bridgehead atoms. The van der Waals surface area contributed by atoms with E-state index in [1.54, 1.807) is 35.2 Å². The van der Waals surface area contributed by atoms with Crippen LogP contribution in [-0.4, -0.2) is 65.6 Å². The van der Waals surface area contributed by atoms with Gasteiger partial charge in [-0.05, 0) is 90.0 Å². The summed E-state index contributed by atoms with van der Waals surface area (Å²) in [7, 11) is 0. The third kappa shape index (κ3) is 6.83. The van der Waals surface area contributed by atoms with Crippen molar-refractivity contribution < 1.29 is 28.7 Å². The quantitative estimate of drug-likeness (QED) is 0.323. The Morgan fingerprint density at radius 1 is 1.11 bits per heavy atom. The van der Waals surface area contributed by atoms with E-state index in [9.17, 15) is 19.2 Å². The number of rotatable bonds is 9. The number of para-hydroxylation sites is 1. The summed E-state index contributed by atoms with van der Waals surface area (Å²) >= 11 is 2.88. The lowest BCUT2D eigenvalue weighted by Gasteiger charge is -2.18. The second-order valence-corrected chi connectivity index (χ2v) is 10.5. The van der Waals surface area contributed by atoms with Gasteiger partial charge in [0.2, 0.25) is 5.91 Å². The van der Waals surface area contributed by atoms with Crippen LogP contribution in [0.4, 0.5) is 10.5 Å². The molecule has 2 aromatic rings. The van der Waals surface area contributed by atoms with E-state index in [2.05, 4.69) is 27.9 Å². The molecule has 0 aromatic heterocycles. The minimum atomic E-state index is -0.492. The topological polar surface area (TPSA) is 105 Å². The number of thioether (sulfide) groups is 1. The first-order valence-corrected chi connectivity index (χ1v) is 13.7. The third-order valence-electron chi connectivity index (χ3n) is 5.66. The molecular weight excluding hydrogens is 609 g/mol. The molecule has 0 atom stereocenters. The van der Waals surface area contributed by atoms with Gasteiger partial charge in [0.25, 0.3) is 17.1 Å². The number of carbonyl (C=O) groups excluding carboxylic acids is 4. The molecule has 37 heavy (non-hydrogen) atoms. The van der Waals surface area contributed by atoms with Crippen molar-refractivity contribution >= 4 is 69.1 Å². The van der Waals surface area contributed by atoms with E-state index in [1.807, 2.05) is 25.1 Å². The van der Waals surface area contributed by atoms with Crippen LogP contribution in [0.15, 0.2) is 47.4 Å². The first-order chi connectivity index (χ1) is 17.9. The number of nitrogens with zero attached hydrogens (tertiary/aromatic N) is 2. The number of hydrogen-bond donors (Lipinski definition) is 1. The molecule has 0 unspecified atom stereocenters. The van der Waals surface area contributed by atoms with Crippen molar-refractivity contribution in [2.24, 2.45) is 0 Å². The predicted octanol–water partition coefficient (Wildman–Crippen LogP) is 4.37. The molecule has 0 radical (unpaired) electrons. The maximum atomic E-state index is 12.9. The van der Waals surface area contributed by atoms with Crippen LogP contribution in [0.2, 0.25) is 0 Å². The van der Waals surface area contributed by atoms with Gasteiger partial charge in [-0.15, -0.1) is 0 Å². The number of benzene rings is 2. The van der Waals surface area contributed by atoms with Crippen LogP contribution < -0.4 is 14.8 Å². The van der Waals surface area contributed by atoms with E-state index in [1.165, 1.54) is 0 Å². The number of carbonyl (C=O) groups is 4. The molecule has 2 fully saturated rings. The minimum absolute atomic E-state index is 0.214. The summed E-state index contributed by atoms with van der Waals surface area (Å²) in [6.45, 7) is 3.04. The van der Waals surface area contributed by atoms with E-state index >= 15 is 0 Å². The molecule has 4 amide bonds. The first kappa shape index (κ1) is 27.0. The Morgan fingerprint density at radius 2 is 1.84 bits per heavy atom. The van der Waals surface area contributed by atoms with Crippen LogP contribution in [0.5, 0.6) is 11.5 Å². The Labute approximate surface area is 232 Å². The Bertz CT molecular complexity index is 1230. The Hall–Kier alpha value is -3.06. The largest absolute Gasteiger partial charge is 0.490 e. The average molecular weight is 635 g/mol. The van der Waals surface area contributed by atoms with Crippen LogP contribution in [0.25, 0.3) is 6.08 Å². The van der Waals surface area contributed by atoms with Crippen molar-refractivity contribution in [1.82, 2.24) is 9.80 Å². The van der Waals surface area contributed by atoms with E-state index in [0.29, 0.717) is 46.0 Å². The fraction of sp³-hybridized carbons (Fsp3) is 0.308. The molecule has 1 N–H and O–H groups in total. The number of halogens is 1. The molecule has 2 saturated heterocycles. The molecule has 11 heteroatoms. The smallest absolute Gasteiger partial charge is 0.294 e. The number of nitrogens with one attached hydrogen (secondary N) is 1. The van der Waals surface area contributed by atoms with Gasteiger partial charge in [0.15, 0.2) is 18.1 Å². The minimum Gasteiger partial charge on any atom is -0.490 e. The molecule has 2 aromatic carbocycles. The third-order valence-corrected chi connectivity index (χ3v) is 7.37. The van der Waals surface area contributed by atoms with Crippen molar-refractivity contribution in [3.05, 3.63) is 56.5 Å². The second-order valence-electron chi connectivity index (χ2n) is 8.32. The first-order valence-electron chi connectivity index (χ1n) is 11.8. The summed E-state index contributed by atoms with van der Waals surface area (Å²) in [5, 5.41) is 2.30. The van der Waals surface area contributed by atoms with E-state index in [-0.39, 0.29) is 29.9 Å². The van der Waals surface area contributed by atoms with Crippen molar-refractivity contribution in [1.29, 1.82) is 0 Å². The molecule has 4 rings (SSSR count). The van der Waals surface area contributed by atoms with Gasteiger partial charge in [-0.1, -0.05) is 18.2 Å². The number of hydrogen-bond acceptors (Lipinski definition) is 7. The van der Waals surface area contributed by atoms with E-state index in [0.717, 1.165) is 29.5 Å². The van der Waals surface area contributed by atoms with Crippen molar-refractivity contribution in [3.63, 3.8) is 0 Å². The molecule has 9 nitrogen and oxygen atoms in total. The van der Waals surface area contributed by atoms with E-state index in [4.69, 9.17) is 9.47 Å². The van der Waals surface area contributed by atoms with Gasteiger partial charge in [0, 0.05) is 18.8 Å². The second kappa shape index (κ2) is 12.5. The zero-order valence-electron chi connectivity index (χ0n) is 20.2. The molecule has 0 aliphatic carbocycles. The summed E-state index contributed by atoms with van der Waals surface area (Å²) in [6, 6.07) is 12.5. The summed E-state index contributed by atoms with van der Waals surface area (Å²) in [4.78, 5) is 53.1. The molecule has 0 saturated carbocycles. The zero-order chi connectivity index (χ0) is 26.4. The summed E-state index contributed by atoms with van der Waals surface area (Å²) < 4.78 is 12.2. The van der Waals surface area contributed by atoms with Gasteiger partial charge in [-0.3, -0.25) is 24.1 Å². The molecule has 2 aliphatic rings. The van der Waals surface area contributed by atoms with Gasteiger partial charge >= 0.3 is 0 Å². The highest BCUT2D eigenvalue weighted by molar-refractivity contribution is 14.1. The summed E-state index contributed by atoms with van der Waals surface area (Å²) in [5.41, 5.74) is 1.30. The molecular formula is C26H26IN3O6S. The summed E-state index contributed by atoms with van der Waals surface area (Å²) in [6.07, 6.45) is 3.47. The van der Waals surface area contributed by atoms with E-state index < -0.39 is 11.1 Å². The highest BCUT2D eigenvalue weighted by atomic mass is 127. The van der Waals surface area contributed by atoms with Crippen LogP contribution in [-0.2, 0) is 14.4 Å². The Morgan fingerprint density at radius 3 is 2.54 bits per heavy atom. The lowest BCUT2D eigenvalue weighted by Crippen LogP contribution is -2.40. The number of amides is 4. The standard InChI is InChI=1S/C26H26IN3O6S/c1-2-35-20-13-17(12-19(27)24(20)36-16-22(31)28-18-8-4-3-5-9-18)14-21-25(33)30(26(34)37-21)15-23(32)29-10-6-7-11-29/h3-5,8-9,12-14H,2,6-7,10-11,15-16H2,1H3,(H,28,31)/b21-14+. The highest BCUT2D eigenvalue weighted by Crippen LogP contribution is 2.37. The van der Waals surface area contributed by atoms with Gasteiger partial charge in [0.05, 0.1) is 15.1 Å². The Kier molecular flexibility index (Phi) is 9.09. The van der Waals surface area contributed by atoms with Crippen LogP contribution in [0.1, 0.15) is 25.3 Å². The van der Waals surface area contributed by atoms with Crippen LogP contribution in [0, 0.1) is 3.57 Å². The fourth-order valence-electron chi connectivity index (χ4n) is 3.92. The normalized spacial score (nSPS) is 16.4. The molecule has 2 aliphatic heterocycles. The molecule has 2 heterocycles. The average Bonchev–Trinajstić information content (AvgIpc) is 3.49. The fourth-order valence-corrected chi connectivity index (χ4v) is 5.54. The highest BCUT2D eigenvalue weighted by Gasteiger charge is 2.37. The molecule has 194 valence electrons. The van der Waals surface area contributed by atoms with Gasteiger partial charge in [-0.25, -0.2) is 0 Å². The van der Waals surface area contributed by atoms with Gasteiger partial charge in [-0.2, -0.15) is 0 Å². The van der Waals surface area contributed by atoms with Gasteiger partial charge < -0.3 is 19.7 Å². The maximum absolute atomic E-state index is 12.9.